The van der Waals surface area contributed by atoms with Crippen LogP contribution in [0.3, 0.4) is 0 Å². The SMILES string of the molecule is CC1(C)OB(c2ccc(-c3ccccc3)c3oc4c(-c5ccccc5)cccc4c23)OC1(C)C. The van der Waals surface area contributed by atoms with Gasteiger partial charge in [-0.2, -0.15) is 0 Å². The standard InChI is InChI=1S/C30H27BO3/c1-29(2)30(3,4)34-31(33-29)25-19-18-23(21-14-9-6-10-15-21)28-26(25)24-17-11-16-22(27(24)32-28)20-12-7-5-8-13-20/h5-19H,1-4H3. The number of benzene rings is 4. The first-order chi connectivity index (χ1) is 16.4. The lowest BCUT2D eigenvalue weighted by Gasteiger charge is -2.32. The lowest BCUT2D eigenvalue weighted by Crippen LogP contribution is -2.41. The van der Waals surface area contributed by atoms with Gasteiger partial charge >= 0.3 is 7.12 Å². The quantitative estimate of drug-likeness (QED) is 0.274. The zero-order valence-electron chi connectivity index (χ0n) is 20.0. The lowest BCUT2D eigenvalue weighted by molar-refractivity contribution is 0.00578. The number of hydrogen-bond acceptors (Lipinski definition) is 3. The molecule has 0 radical (unpaired) electrons. The van der Waals surface area contributed by atoms with Crippen molar-refractivity contribution in [3.63, 3.8) is 0 Å². The number of rotatable bonds is 3. The molecule has 1 aromatic heterocycles. The Labute approximate surface area is 200 Å². The van der Waals surface area contributed by atoms with E-state index in [4.69, 9.17) is 13.7 Å². The molecule has 1 saturated heterocycles. The van der Waals surface area contributed by atoms with E-state index in [1.807, 2.05) is 12.1 Å². The fourth-order valence-electron chi connectivity index (χ4n) is 4.78. The van der Waals surface area contributed by atoms with Gasteiger partial charge in [-0.25, -0.2) is 0 Å². The van der Waals surface area contributed by atoms with Crippen molar-refractivity contribution < 1.29 is 13.7 Å². The molecule has 3 nitrogen and oxygen atoms in total. The van der Waals surface area contributed by atoms with Crippen molar-refractivity contribution in [2.45, 2.75) is 38.9 Å². The van der Waals surface area contributed by atoms with E-state index in [9.17, 15) is 0 Å². The summed E-state index contributed by atoms with van der Waals surface area (Å²) in [6, 6.07) is 31.4. The molecule has 0 atom stereocenters. The minimum atomic E-state index is -0.474. The van der Waals surface area contributed by atoms with Gasteiger partial charge in [-0.1, -0.05) is 91.0 Å². The molecule has 168 valence electrons. The predicted molar refractivity (Wildman–Crippen MR) is 140 cm³/mol. The molecule has 0 spiro atoms. The Morgan fingerprint density at radius 1 is 0.559 bits per heavy atom. The molecule has 0 amide bonds. The minimum absolute atomic E-state index is 0.420. The maximum absolute atomic E-state index is 6.72. The molecule has 6 rings (SSSR count). The van der Waals surface area contributed by atoms with Crippen LogP contribution in [0.25, 0.3) is 44.2 Å². The summed E-state index contributed by atoms with van der Waals surface area (Å²) in [5.74, 6) is 0. The van der Waals surface area contributed by atoms with Crippen molar-refractivity contribution in [2.75, 3.05) is 0 Å². The molecular formula is C30H27BO3. The molecule has 0 aliphatic carbocycles. The van der Waals surface area contributed by atoms with Crippen molar-refractivity contribution in [1.82, 2.24) is 0 Å². The summed E-state index contributed by atoms with van der Waals surface area (Å²) in [5.41, 5.74) is 6.28. The first-order valence-corrected chi connectivity index (χ1v) is 11.8. The van der Waals surface area contributed by atoms with Crippen LogP contribution in [-0.2, 0) is 9.31 Å². The third-order valence-corrected chi connectivity index (χ3v) is 7.36. The van der Waals surface area contributed by atoms with Gasteiger partial charge < -0.3 is 13.7 Å². The molecule has 4 heteroatoms. The van der Waals surface area contributed by atoms with E-state index in [-0.39, 0.29) is 0 Å². The van der Waals surface area contributed by atoms with E-state index in [0.717, 1.165) is 49.7 Å². The van der Waals surface area contributed by atoms with Gasteiger partial charge in [-0.05, 0) is 44.3 Å². The number of para-hydroxylation sites is 1. The van der Waals surface area contributed by atoms with Gasteiger partial charge in [0.05, 0.1) is 11.2 Å². The van der Waals surface area contributed by atoms with E-state index in [1.54, 1.807) is 0 Å². The van der Waals surface area contributed by atoms with Crippen LogP contribution in [0.1, 0.15) is 27.7 Å². The highest BCUT2D eigenvalue weighted by Crippen LogP contribution is 2.41. The van der Waals surface area contributed by atoms with E-state index in [2.05, 4.69) is 107 Å². The Hall–Kier alpha value is -3.34. The fraction of sp³-hybridized carbons (Fsp3) is 0.200. The van der Waals surface area contributed by atoms with Crippen molar-refractivity contribution in [3.05, 3.63) is 91.0 Å². The van der Waals surface area contributed by atoms with Gasteiger partial charge in [0, 0.05) is 21.9 Å². The summed E-state index contributed by atoms with van der Waals surface area (Å²) in [5, 5.41) is 2.12. The molecule has 1 aliphatic rings. The van der Waals surface area contributed by atoms with Gasteiger partial charge in [-0.15, -0.1) is 0 Å². The van der Waals surface area contributed by atoms with Crippen LogP contribution in [0, 0.1) is 0 Å². The second kappa shape index (κ2) is 7.59. The average molecular weight is 446 g/mol. The van der Waals surface area contributed by atoms with Crippen LogP contribution in [0.2, 0.25) is 0 Å². The van der Waals surface area contributed by atoms with Crippen LogP contribution < -0.4 is 5.46 Å². The first kappa shape index (κ1) is 21.2. The summed E-state index contributed by atoms with van der Waals surface area (Å²) < 4.78 is 19.7. The molecule has 1 fully saturated rings. The summed E-state index contributed by atoms with van der Waals surface area (Å²) >= 11 is 0. The molecule has 5 aromatic rings. The maximum atomic E-state index is 6.72. The van der Waals surface area contributed by atoms with Gasteiger partial charge in [0.2, 0.25) is 0 Å². The normalized spacial score (nSPS) is 17.0. The third-order valence-electron chi connectivity index (χ3n) is 7.36. The van der Waals surface area contributed by atoms with Crippen LogP contribution in [0.5, 0.6) is 0 Å². The second-order valence-corrected chi connectivity index (χ2v) is 10.0. The van der Waals surface area contributed by atoms with Crippen LogP contribution in [0.4, 0.5) is 0 Å². The molecule has 0 unspecified atom stereocenters. The summed E-state index contributed by atoms with van der Waals surface area (Å²) in [6.07, 6.45) is 0. The molecule has 0 saturated carbocycles. The largest absolute Gasteiger partial charge is 0.495 e. The zero-order chi connectivity index (χ0) is 23.5. The Morgan fingerprint density at radius 2 is 1.12 bits per heavy atom. The third kappa shape index (κ3) is 3.21. The highest BCUT2D eigenvalue weighted by molar-refractivity contribution is 6.66. The number of fused-ring (bicyclic) bond motifs is 3. The zero-order valence-corrected chi connectivity index (χ0v) is 20.0. The highest BCUT2D eigenvalue weighted by Gasteiger charge is 2.52. The predicted octanol–water partition coefficient (Wildman–Crippen LogP) is 7.22. The fourth-order valence-corrected chi connectivity index (χ4v) is 4.78. The molecule has 1 aliphatic heterocycles. The topological polar surface area (TPSA) is 31.6 Å². The maximum Gasteiger partial charge on any atom is 0.495 e. The lowest BCUT2D eigenvalue weighted by atomic mass is 9.75. The number of furan rings is 1. The van der Waals surface area contributed by atoms with Crippen molar-refractivity contribution in [2.24, 2.45) is 0 Å². The monoisotopic (exact) mass is 446 g/mol. The van der Waals surface area contributed by atoms with Gasteiger partial charge in [0.25, 0.3) is 0 Å². The van der Waals surface area contributed by atoms with Crippen LogP contribution in [0.15, 0.2) is 95.4 Å². The molecule has 34 heavy (non-hydrogen) atoms. The van der Waals surface area contributed by atoms with E-state index in [1.165, 1.54) is 0 Å². The van der Waals surface area contributed by atoms with Crippen LogP contribution >= 0.6 is 0 Å². The molecular weight excluding hydrogens is 419 g/mol. The first-order valence-electron chi connectivity index (χ1n) is 11.8. The second-order valence-electron chi connectivity index (χ2n) is 10.0. The van der Waals surface area contributed by atoms with E-state index in [0.29, 0.717) is 0 Å². The molecule has 0 bridgehead atoms. The molecule has 0 N–H and O–H groups in total. The van der Waals surface area contributed by atoms with E-state index < -0.39 is 18.3 Å². The molecule has 2 heterocycles. The molecule has 4 aromatic carbocycles. The average Bonchev–Trinajstić information content (AvgIpc) is 3.33. The van der Waals surface area contributed by atoms with Crippen molar-refractivity contribution >= 4 is 34.5 Å². The highest BCUT2D eigenvalue weighted by atomic mass is 16.7. The smallest absolute Gasteiger partial charge is 0.455 e. The summed E-state index contributed by atoms with van der Waals surface area (Å²) in [4.78, 5) is 0. The van der Waals surface area contributed by atoms with Crippen molar-refractivity contribution in [1.29, 1.82) is 0 Å². The van der Waals surface area contributed by atoms with E-state index >= 15 is 0 Å². The Bertz CT molecular complexity index is 1480. The number of hydrogen-bond donors (Lipinski definition) is 0. The van der Waals surface area contributed by atoms with Gasteiger partial charge in [0.15, 0.2) is 0 Å². The Morgan fingerprint density at radius 3 is 1.71 bits per heavy atom. The minimum Gasteiger partial charge on any atom is -0.455 e. The van der Waals surface area contributed by atoms with Gasteiger partial charge in [-0.3, -0.25) is 0 Å². The summed E-state index contributed by atoms with van der Waals surface area (Å²) in [7, 11) is -0.474. The Kier molecular flexibility index (Phi) is 4.74. The summed E-state index contributed by atoms with van der Waals surface area (Å²) in [6.45, 7) is 8.35. The Balaban J connectivity index is 1.66. The van der Waals surface area contributed by atoms with Crippen molar-refractivity contribution in [3.8, 4) is 22.3 Å². The van der Waals surface area contributed by atoms with Gasteiger partial charge in [0.1, 0.15) is 11.2 Å². The van der Waals surface area contributed by atoms with Crippen LogP contribution in [-0.4, -0.2) is 18.3 Å².